The summed E-state index contributed by atoms with van der Waals surface area (Å²) in [5, 5.41) is 15.9. The first kappa shape index (κ1) is 26.9. The highest BCUT2D eigenvalue weighted by Gasteiger charge is 2.65. The minimum atomic E-state index is -1.50. The van der Waals surface area contributed by atoms with Crippen LogP contribution < -0.4 is 11.1 Å². The number of nitrogens with two attached hydrogens (primary N) is 1. The summed E-state index contributed by atoms with van der Waals surface area (Å²) in [5.74, 6) is -2.09. The van der Waals surface area contributed by atoms with Crippen molar-refractivity contribution < 1.29 is 38.9 Å². The average molecular weight is 545 g/mol. The van der Waals surface area contributed by atoms with E-state index in [0.717, 1.165) is 0 Å². The van der Waals surface area contributed by atoms with Gasteiger partial charge in [-0.25, -0.2) is 9.59 Å². The molecule has 0 spiro atoms. The molecule has 2 fully saturated rings. The molecule has 1 unspecified atom stereocenters. The van der Waals surface area contributed by atoms with Gasteiger partial charge in [-0.05, 0) is 25.5 Å². The van der Waals surface area contributed by atoms with E-state index in [2.05, 4.69) is 5.32 Å². The zero-order chi connectivity index (χ0) is 27.8. The van der Waals surface area contributed by atoms with E-state index in [9.17, 15) is 19.2 Å². The normalized spacial score (nSPS) is 25.0. The van der Waals surface area contributed by atoms with Crippen LogP contribution in [0.25, 0.3) is 0 Å². The molecule has 38 heavy (non-hydrogen) atoms. The molecular formula is C24H24N4O9S. The number of cyclic esters (lactones) is 1. The van der Waals surface area contributed by atoms with Crippen LogP contribution in [0.4, 0.5) is 0 Å². The van der Waals surface area contributed by atoms with Gasteiger partial charge in [-0.2, -0.15) is 0 Å². The van der Waals surface area contributed by atoms with E-state index >= 15 is 0 Å². The predicted molar refractivity (Wildman–Crippen MR) is 131 cm³/mol. The Balaban J connectivity index is 0.000000786. The van der Waals surface area contributed by atoms with Crippen molar-refractivity contribution in [1.29, 1.82) is 0 Å². The van der Waals surface area contributed by atoms with Crippen LogP contribution in [-0.4, -0.2) is 61.2 Å². The van der Waals surface area contributed by atoms with Gasteiger partial charge in [0.2, 0.25) is 11.8 Å². The molecule has 2 aromatic carbocycles. The van der Waals surface area contributed by atoms with Gasteiger partial charge in [-0.15, -0.1) is 21.9 Å². The first-order valence-corrected chi connectivity index (χ1v) is 12.2. The molecule has 13 nitrogen and oxygen atoms in total. The second kappa shape index (κ2) is 10.3. The summed E-state index contributed by atoms with van der Waals surface area (Å²) in [7, 11) is 0. The van der Waals surface area contributed by atoms with Gasteiger partial charge in [-0.3, -0.25) is 9.59 Å². The van der Waals surface area contributed by atoms with Crippen molar-refractivity contribution in [2.24, 2.45) is 5.73 Å². The Hall–Kier alpha value is -4.17. The average Bonchev–Trinajstić information content (AvgIpc) is 3.32. The molecule has 0 radical (unpaired) electrons. The fourth-order valence-corrected chi connectivity index (χ4v) is 6.17. The predicted octanol–water partition coefficient (Wildman–Crippen LogP) is 1.30. The molecule has 0 aliphatic carbocycles. The fraction of sp³-hybridized carbons (Fsp3) is 0.333. The smallest absolute Gasteiger partial charge is 0.342 e. The van der Waals surface area contributed by atoms with Crippen molar-refractivity contribution in [2.45, 2.75) is 48.4 Å². The molecular weight excluding hydrogens is 520 g/mol. The number of nitrogens with one attached hydrogen (secondary N) is 1. The van der Waals surface area contributed by atoms with E-state index in [-0.39, 0.29) is 5.91 Å². The molecule has 3 aliphatic rings. The standard InChI is InChI=1S/C24H23N3O6S.HNO3/c1-24(2)17(22(31)33-23-14-11-7-6-10-13(14)21(30)32-23)27-19(29)16(20(27)34-24)26-18(28)15(25)12-8-4-3-5-9-12;2-1(3)4/h3-11,15-17,20,23H,25H2,1-2H3,(H,26,28);(H,2,3,4)/t15-,16-,17+,20-,23?;/m1./s1. The molecule has 0 bridgehead atoms. The monoisotopic (exact) mass is 544 g/mol. The number of esters is 2. The fourth-order valence-electron chi connectivity index (χ4n) is 4.55. The highest BCUT2D eigenvalue weighted by Crippen LogP contribution is 2.51. The van der Waals surface area contributed by atoms with Crippen molar-refractivity contribution >= 4 is 35.5 Å². The summed E-state index contributed by atoms with van der Waals surface area (Å²) in [6.07, 6.45) is -1.16. The molecule has 14 heteroatoms. The summed E-state index contributed by atoms with van der Waals surface area (Å²) in [6.45, 7) is 3.66. The van der Waals surface area contributed by atoms with Gasteiger partial charge in [0, 0.05) is 10.3 Å². The second-order valence-electron chi connectivity index (χ2n) is 9.13. The number of carbonyl (C=O) groups excluding carboxylic acids is 4. The summed E-state index contributed by atoms with van der Waals surface area (Å²) < 4.78 is 10.1. The van der Waals surface area contributed by atoms with Crippen molar-refractivity contribution in [3.8, 4) is 0 Å². The Bertz CT molecular complexity index is 1280. The number of hydrogen-bond acceptors (Lipinski definition) is 10. The largest absolute Gasteiger partial charge is 0.419 e. The zero-order valence-corrected chi connectivity index (χ0v) is 21.0. The molecule has 4 N–H and O–H groups in total. The van der Waals surface area contributed by atoms with Crippen LogP contribution in [0.1, 0.15) is 47.7 Å². The van der Waals surface area contributed by atoms with Crippen LogP contribution in [-0.2, 0) is 23.9 Å². The van der Waals surface area contributed by atoms with Crippen LogP contribution >= 0.6 is 11.8 Å². The van der Waals surface area contributed by atoms with E-state index in [1.165, 1.54) is 16.7 Å². The Kier molecular flexibility index (Phi) is 7.29. The van der Waals surface area contributed by atoms with Crippen molar-refractivity contribution in [2.75, 3.05) is 0 Å². The molecule has 200 valence electrons. The molecule has 2 saturated heterocycles. The maximum Gasteiger partial charge on any atom is 0.342 e. The summed E-state index contributed by atoms with van der Waals surface area (Å²) >= 11 is 1.40. The first-order chi connectivity index (χ1) is 17.9. The second-order valence-corrected chi connectivity index (χ2v) is 10.9. The maximum absolute atomic E-state index is 13.2. The molecule has 5 atom stereocenters. The number of benzene rings is 2. The minimum absolute atomic E-state index is 0.343. The maximum atomic E-state index is 13.2. The van der Waals surface area contributed by atoms with E-state index in [4.69, 9.17) is 30.5 Å². The van der Waals surface area contributed by atoms with Crippen LogP contribution in [0.2, 0.25) is 0 Å². The summed E-state index contributed by atoms with van der Waals surface area (Å²) in [6, 6.07) is 12.9. The number of nitrogens with zero attached hydrogens (tertiary/aromatic N) is 2. The van der Waals surface area contributed by atoms with Gasteiger partial charge < -0.3 is 30.6 Å². The SMILES string of the molecule is CC1(C)S[C@@H]2[C@H](NC(=O)[C@H](N)c3ccccc3)C(=O)N2[C@H]1C(=O)OC1OC(=O)c2ccccc21.O=[N+]([O-])O. The lowest BCUT2D eigenvalue weighted by molar-refractivity contribution is -0.742. The number of hydrogen-bond donors (Lipinski definition) is 3. The molecule has 0 aromatic heterocycles. The summed E-state index contributed by atoms with van der Waals surface area (Å²) in [5.41, 5.74) is 7.51. The van der Waals surface area contributed by atoms with Gasteiger partial charge >= 0.3 is 11.9 Å². The van der Waals surface area contributed by atoms with Crippen LogP contribution in [0.15, 0.2) is 54.6 Å². The number of fused-ring (bicyclic) bond motifs is 2. The zero-order valence-electron chi connectivity index (χ0n) is 20.2. The van der Waals surface area contributed by atoms with Crippen LogP contribution in [0.5, 0.6) is 0 Å². The van der Waals surface area contributed by atoms with Gasteiger partial charge in [-0.1, -0.05) is 48.5 Å². The number of thioether (sulfide) groups is 1. The lowest BCUT2D eigenvalue weighted by Crippen LogP contribution is -2.71. The molecule has 2 amide bonds. The molecule has 2 aromatic rings. The lowest BCUT2D eigenvalue weighted by atomic mass is 9.95. The Labute approximate surface area is 220 Å². The minimum Gasteiger partial charge on any atom is -0.419 e. The lowest BCUT2D eigenvalue weighted by Gasteiger charge is -2.44. The molecule has 3 heterocycles. The van der Waals surface area contributed by atoms with Crippen molar-refractivity contribution in [3.63, 3.8) is 0 Å². The Morgan fingerprint density at radius 1 is 1.18 bits per heavy atom. The molecule has 3 aliphatic heterocycles. The topological polar surface area (TPSA) is 191 Å². The first-order valence-electron chi connectivity index (χ1n) is 11.4. The summed E-state index contributed by atoms with van der Waals surface area (Å²) in [4.78, 5) is 60.7. The van der Waals surface area contributed by atoms with Gasteiger partial charge in [0.05, 0.1) is 5.56 Å². The molecule has 0 saturated carbocycles. The van der Waals surface area contributed by atoms with E-state index in [1.54, 1.807) is 48.5 Å². The quantitative estimate of drug-likeness (QED) is 0.213. The number of rotatable bonds is 5. The van der Waals surface area contributed by atoms with E-state index < -0.39 is 57.5 Å². The Morgan fingerprint density at radius 3 is 2.45 bits per heavy atom. The van der Waals surface area contributed by atoms with Crippen LogP contribution in [0, 0.1) is 10.1 Å². The number of ether oxygens (including phenoxy) is 2. The number of β-lactam (4-membered cyclic amide) rings is 1. The Morgan fingerprint density at radius 2 is 1.79 bits per heavy atom. The third-order valence-electron chi connectivity index (χ3n) is 6.28. The highest BCUT2D eigenvalue weighted by atomic mass is 32.2. The van der Waals surface area contributed by atoms with Crippen molar-refractivity contribution in [1.82, 2.24) is 10.2 Å². The highest BCUT2D eigenvalue weighted by molar-refractivity contribution is 8.01. The molecule has 5 rings (SSSR count). The number of amides is 2. The van der Waals surface area contributed by atoms with Gasteiger partial charge in [0.25, 0.3) is 11.4 Å². The third kappa shape index (κ3) is 4.99. The van der Waals surface area contributed by atoms with Gasteiger partial charge in [0.15, 0.2) is 0 Å². The van der Waals surface area contributed by atoms with E-state index in [1.807, 2.05) is 19.9 Å². The number of carbonyl (C=O) groups is 4. The van der Waals surface area contributed by atoms with Gasteiger partial charge in [0.1, 0.15) is 23.5 Å². The van der Waals surface area contributed by atoms with Crippen molar-refractivity contribution in [3.05, 3.63) is 81.4 Å². The third-order valence-corrected chi connectivity index (χ3v) is 7.85. The van der Waals surface area contributed by atoms with E-state index in [0.29, 0.717) is 16.7 Å². The van der Waals surface area contributed by atoms with Crippen LogP contribution in [0.3, 0.4) is 0 Å².